The van der Waals surface area contributed by atoms with Gasteiger partial charge in [0.25, 0.3) is 0 Å². The molecule has 0 saturated carbocycles. The van der Waals surface area contributed by atoms with Crippen molar-refractivity contribution in [3.05, 3.63) is 52.8 Å². The number of benzene rings is 1. The number of imidazole rings is 1. The lowest BCUT2D eigenvalue weighted by molar-refractivity contribution is 1.08. The fraction of sp³-hybridized carbons (Fsp3) is 0.133. The minimum atomic E-state index is 0.977. The monoisotopic (exact) mass is 332 g/mol. The van der Waals surface area contributed by atoms with Crippen LogP contribution < -0.4 is 0 Å². The molecule has 0 fully saturated rings. The SMILES string of the molecule is CSc1ccc(-c2cn3c(C)c(Br)ccc3n2)cc1. The number of hydrogen-bond donors (Lipinski definition) is 0. The van der Waals surface area contributed by atoms with Crippen molar-refractivity contribution in [3.63, 3.8) is 0 Å². The first kappa shape index (κ1) is 12.8. The number of pyridine rings is 1. The molecule has 1 aromatic carbocycles. The molecule has 0 N–H and O–H groups in total. The van der Waals surface area contributed by atoms with Crippen LogP contribution in [0.2, 0.25) is 0 Å². The zero-order valence-electron chi connectivity index (χ0n) is 10.7. The van der Waals surface area contributed by atoms with Gasteiger partial charge in [0.2, 0.25) is 0 Å². The van der Waals surface area contributed by atoms with Gasteiger partial charge in [-0.3, -0.25) is 0 Å². The highest BCUT2D eigenvalue weighted by Crippen LogP contribution is 2.25. The molecular formula is C15H13BrN2S. The van der Waals surface area contributed by atoms with Crippen LogP contribution in [-0.2, 0) is 0 Å². The van der Waals surface area contributed by atoms with Crippen molar-refractivity contribution in [2.24, 2.45) is 0 Å². The second-order valence-corrected chi connectivity index (χ2v) is 6.08. The zero-order valence-corrected chi connectivity index (χ0v) is 13.1. The summed E-state index contributed by atoms with van der Waals surface area (Å²) in [5, 5.41) is 0. The predicted molar refractivity (Wildman–Crippen MR) is 84.8 cm³/mol. The average Bonchev–Trinajstić information content (AvgIpc) is 2.88. The molecule has 4 heteroatoms. The molecule has 0 aliphatic rings. The van der Waals surface area contributed by atoms with Gasteiger partial charge >= 0.3 is 0 Å². The fourth-order valence-electron chi connectivity index (χ4n) is 2.07. The van der Waals surface area contributed by atoms with Gasteiger partial charge in [0.15, 0.2) is 0 Å². The van der Waals surface area contributed by atoms with E-state index < -0.39 is 0 Å². The van der Waals surface area contributed by atoms with E-state index in [1.807, 2.05) is 12.1 Å². The van der Waals surface area contributed by atoms with E-state index in [0.29, 0.717) is 0 Å². The van der Waals surface area contributed by atoms with Crippen LogP contribution >= 0.6 is 27.7 Å². The minimum Gasteiger partial charge on any atom is -0.303 e. The molecule has 0 bridgehead atoms. The van der Waals surface area contributed by atoms with Crippen LogP contribution in [0.1, 0.15) is 5.69 Å². The maximum Gasteiger partial charge on any atom is 0.137 e. The molecule has 0 unspecified atom stereocenters. The van der Waals surface area contributed by atoms with Crippen LogP contribution in [0.4, 0.5) is 0 Å². The largest absolute Gasteiger partial charge is 0.303 e. The molecule has 2 nitrogen and oxygen atoms in total. The molecule has 19 heavy (non-hydrogen) atoms. The number of thioether (sulfide) groups is 1. The third-order valence-corrected chi connectivity index (χ3v) is 4.79. The van der Waals surface area contributed by atoms with E-state index >= 15 is 0 Å². The van der Waals surface area contributed by atoms with Crippen molar-refractivity contribution in [3.8, 4) is 11.3 Å². The van der Waals surface area contributed by atoms with Crippen LogP contribution in [0.15, 0.2) is 52.0 Å². The van der Waals surface area contributed by atoms with Crippen LogP contribution in [0.25, 0.3) is 16.9 Å². The Labute approximate surface area is 125 Å². The molecule has 0 atom stereocenters. The third-order valence-electron chi connectivity index (χ3n) is 3.20. The Morgan fingerprint density at radius 2 is 1.84 bits per heavy atom. The molecule has 0 radical (unpaired) electrons. The summed E-state index contributed by atoms with van der Waals surface area (Å²) in [7, 11) is 0. The van der Waals surface area contributed by atoms with Gasteiger partial charge in [0, 0.05) is 26.8 Å². The number of aromatic nitrogens is 2. The summed E-state index contributed by atoms with van der Waals surface area (Å²) in [6.45, 7) is 2.08. The molecule has 2 aromatic heterocycles. The lowest BCUT2D eigenvalue weighted by Gasteiger charge is -2.00. The van der Waals surface area contributed by atoms with E-state index in [-0.39, 0.29) is 0 Å². The van der Waals surface area contributed by atoms with Gasteiger partial charge in [-0.1, -0.05) is 12.1 Å². The lowest BCUT2D eigenvalue weighted by Crippen LogP contribution is -1.89. The molecule has 0 amide bonds. The Balaban J connectivity index is 2.12. The van der Waals surface area contributed by atoms with Gasteiger partial charge in [-0.05, 0) is 53.4 Å². The summed E-state index contributed by atoms with van der Waals surface area (Å²) >= 11 is 5.30. The van der Waals surface area contributed by atoms with Crippen molar-refractivity contribution >= 4 is 33.3 Å². The van der Waals surface area contributed by atoms with Gasteiger partial charge in [0.1, 0.15) is 5.65 Å². The molecule has 3 rings (SSSR count). The Hall–Kier alpha value is -1.26. The van der Waals surface area contributed by atoms with Crippen LogP contribution in [-0.4, -0.2) is 15.6 Å². The molecule has 0 saturated heterocycles. The summed E-state index contributed by atoms with van der Waals surface area (Å²) in [4.78, 5) is 5.95. The number of halogens is 1. The van der Waals surface area contributed by atoms with Gasteiger partial charge in [-0.2, -0.15) is 0 Å². The zero-order chi connectivity index (χ0) is 13.4. The van der Waals surface area contributed by atoms with Gasteiger partial charge in [-0.15, -0.1) is 11.8 Å². The number of fused-ring (bicyclic) bond motifs is 1. The Morgan fingerprint density at radius 1 is 1.11 bits per heavy atom. The topological polar surface area (TPSA) is 17.3 Å². The second-order valence-electron chi connectivity index (χ2n) is 4.35. The maximum absolute atomic E-state index is 4.68. The molecule has 0 aliphatic carbocycles. The first-order valence-corrected chi connectivity index (χ1v) is 7.99. The van der Waals surface area contributed by atoms with Crippen molar-refractivity contribution < 1.29 is 0 Å². The Kier molecular flexibility index (Phi) is 3.37. The first-order valence-electron chi connectivity index (χ1n) is 5.97. The molecule has 3 aromatic rings. The number of aryl methyl sites for hydroxylation is 1. The smallest absolute Gasteiger partial charge is 0.137 e. The summed E-state index contributed by atoms with van der Waals surface area (Å²) in [5.74, 6) is 0. The number of rotatable bonds is 2. The summed E-state index contributed by atoms with van der Waals surface area (Å²) in [6.07, 6.45) is 4.17. The van der Waals surface area contributed by atoms with E-state index in [0.717, 1.165) is 27.1 Å². The Bertz CT molecular complexity index is 732. The Morgan fingerprint density at radius 3 is 2.53 bits per heavy atom. The summed E-state index contributed by atoms with van der Waals surface area (Å²) < 4.78 is 3.21. The molecule has 96 valence electrons. The van der Waals surface area contributed by atoms with Crippen molar-refractivity contribution in [2.75, 3.05) is 6.26 Å². The van der Waals surface area contributed by atoms with Crippen LogP contribution in [0, 0.1) is 6.92 Å². The molecule has 0 spiro atoms. The first-order chi connectivity index (χ1) is 9.19. The average molecular weight is 333 g/mol. The van der Waals surface area contributed by atoms with E-state index in [1.165, 1.54) is 4.90 Å². The number of nitrogens with zero attached hydrogens (tertiary/aromatic N) is 2. The normalized spacial score (nSPS) is 11.1. The highest BCUT2D eigenvalue weighted by molar-refractivity contribution is 9.10. The highest BCUT2D eigenvalue weighted by atomic mass is 79.9. The van der Waals surface area contributed by atoms with Gasteiger partial charge in [0.05, 0.1) is 5.69 Å². The number of hydrogen-bond acceptors (Lipinski definition) is 2. The van der Waals surface area contributed by atoms with E-state index in [2.05, 4.69) is 69.0 Å². The second kappa shape index (κ2) is 5.02. The summed E-state index contributed by atoms with van der Waals surface area (Å²) in [5.41, 5.74) is 4.30. The van der Waals surface area contributed by atoms with Crippen LogP contribution in [0.3, 0.4) is 0 Å². The van der Waals surface area contributed by atoms with E-state index in [4.69, 9.17) is 0 Å². The minimum absolute atomic E-state index is 0.977. The van der Waals surface area contributed by atoms with Crippen molar-refractivity contribution in [2.45, 2.75) is 11.8 Å². The fourth-order valence-corrected chi connectivity index (χ4v) is 2.80. The van der Waals surface area contributed by atoms with E-state index in [1.54, 1.807) is 11.8 Å². The summed E-state index contributed by atoms with van der Waals surface area (Å²) in [6, 6.07) is 12.6. The van der Waals surface area contributed by atoms with Crippen LogP contribution in [0.5, 0.6) is 0 Å². The quantitative estimate of drug-likeness (QED) is 0.627. The predicted octanol–water partition coefficient (Wildman–Crippen LogP) is 4.79. The van der Waals surface area contributed by atoms with Crippen molar-refractivity contribution in [1.29, 1.82) is 0 Å². The third kappa shape index (κ3) is 2.30. The van der Waals surface area contributed by atoms with Gasteiger partial charge in [-0.25, -0.2) is 4.98 Å². The highest BCUT2D eigenvalue weighted by Gasteiger charge is 2.07. The maximum atomic E-state index is 4.68. The standard InChI is InChI=1S/C15H13BrN2S/c1-10-13(16)7-8-15-17-14(9-18(10)15)11-3-5-12(19-2)6-4-11/h3-9H,1-2H3. The molecular weight excluding hydrogens is 320 g/mol. The molecule has 0 aliphatic heterocycles. The van der Waals surface area contributed by atoms with Gasteiger partial charge < -0.3 is 4.40 Å². The van der Waals surface area contributed by atoms with Crippen molar-refractivity contribution in [1.82, 2.24) is 9.38 Å². The van der Waals surface area contributed by atoms with E-state index in [9.17, 15) is 0 Å². The lowest BCUT2D eigenvalue weighted by atomic mass is 10.2. The molecule has 2 heterocycles.